The average Bonchev–Trinajstić information content (AvgIpc) is 2.71. The van der Waals surface area contributed by atoms with Crippen LogP contribution in [-0.2, 0) is 21.1 Å². The van der Waals surface area contributed by atoms with Crippen LogP contribution in [0.3, 0.4) is 0 Å². The zero-order valence-corrected chi connectivity index (χ0v) is 18.1. The molecule has 0 spiro atoms. The molecular weight excluding hydrogens is 418 g/mol. The van der Waals surface area contributed by atoms with Gasteiger partial charge in [0.2, 0.25) is 0 Å². The Morgan fingerprint density at radius 3 is 2.52 bits per heavy atom. The summed E-state index contributed by atoms with van der Waals surface area (Å²) in [6, 6.07) is 10.8. The number of hydrogen-bond donors (Lipinski definition) is 2. The van der Waals surface area contributed by atoms with E-state index in [1.165, 1.54) is 24.3 Å². The van der Waals surface area contributed by atoms with Crippen molar-refractivity contribution < 1.29 is 18.3 Å². The molecule has 0 saturated carbocycles. The van der Waals surface area contributed by atoms with Gasteiger partial charge in [0, 0.05) is 17.1 Å². The molecule has 1 amide bonds. The lowest BCUT2D eigenvalue weighted by molar-refractivity contribution is -0.130. The van der Waals surface area contributed by atoms with E-state index in [9.17, 15) is 18.3 Å². The summed E-state index contributed by atoms with van der Waals surface area (Å²) >= 11 is 0. The minimum atomic E-state index is -3.94. The second-order valence-electron chi connectivity index (χ2n) is 7.30. The lowest BCUT2D eigenvalue weighted by Crippen LogP contribution is -2.45. The SMILES string of the molecule is [C-]#[N+]c1ccc(NC(=O)[C@](C)(O)CS(=O)(=O)c2ccc(CCCN=[N+]=[N-])cc2)cc1C. The molecule has 0 aliphatic carbocycles. The number of nitrogens with zero attached hydrogens (tertiary/aromatic N) is 4. The Labute approximate surface area is 181 Å². The van der Waals surface area contributed by atoms with Crippen molar-refractivity contribution in [1.82, 2.24) is 0 Å². The van der Waals surface area contributed by atoms with Gasteiger partial charge in [0.05, 0.1) is 17.2 Å². The Morgan fingerprint density at radius 1 is 1.26 bits per heavy atom. The molecule has 0 fully saturated rings. The van der Waals surface area contributed by atoms with Crippen molar-refractivity contribution in [2.24, 2.45) is 5.11 Å². The second-order valence-corrected chi connectivity index (χ2v) is 9.29. The lowest BCUT2D eigenvalue weighted by Gasteiger charge is -2.22. The second kappa shape index (κ2) is 10.1. The Hall–Kier alpha value is -3.38. The minimum Gasteiger partial charge on any atom is -0.379 e. The highest BCUT2D eigenvalue weighted by Gasteiger charge is 2.36. The summed E-state index contributed by atoms with van der Waals surface area (Å²) in [5.74, 6) is -1.65. The number of aliphatic hydroxyl groups is 1. The molecule has 0 aliphatic rings. The molecule has 9 nitrogen and oxygen atoms in total. The van der Waals surface area contributed by atoms with Crippen LogP contribution in [0.25, 0.3) is 15.3 Å². The number of azide groups is 1. The van der Waals surface area contributed by atoms with E-state index in [1.807, 2.05) is 0 Å². The lowest BCUT2D eigenvalue weighted by atomic mass is 10.1. The molecule has 10 heteroatoms. The van der Waals surface area contributed by atoms with Gasteiger partial charge in [0.25, 0.3) is 5.91 Å². The number of sulfone groups is 1. The van der Waals surface area contributed by atoms with Crippen molar-refractivity contribution in [1.29, 1.82) is 0 Å². The van der Waals surface area contributed by atoms with Gasteiger partial charge in [-0.15, -0.1) is 0 Å². The highest BCUT2D eigenvalue weighted by molar-refractivity contribution is 7.91. The third kappa shape index (κ3) is 6.55. The zero-order chi connectivity index (χ0) is 23.1. The van der Waals surface area contributed by atoms with E-state index < -0.39 is 27.1 Å². The number of benzene rings is 2. The van der Waals surface area contributed by atoms with E-state index in [0.29, 0.717) is 36.3 Å². The fourth-order valence-electron chi connectivity index (χ4n) is 2.91. The molecule has 0 unspecified atom stereocenters. The zero-order valence-electron chi connectivity index (χ0n) is 17.2. The Balaban J connectivity index is 2.08. The topological polar surface area (TPSA) is 137 Å². The minimum absolute atomic E-state index is 0.00312. The molecule has 2 aromatic rings. The van der Waals surface area contributed by atoms with Crippen LogP contribution in [0.4, 0.5) is 11.4 Å². The van der Waals surface area contributed by atoms with Crippen LogP contribution in [0.1, 0.15) is 24.5 Å². The molecule has 0 aromatic heterocycles. The molecule has 162 valence electrons. The van der Waals surface area contributed by atoms with Crippen molar-refractivity contribution in [3.63, 3.8) is 0 Å². The first kappa shape index (κ1) is 23.9. The van der Waals surface area contributed by atoms with Gasteiger partial charge in [-0.3, -0.25) is 4.79 Å². The maximum Gasteiger partial charge on any atom is 0.257 e. The number of anilines is 1. The number of carbonyl (C=O) groups excluding carboxylic acids is 1. The number of aryl methyl sites for hydroxylation is 2. The number of carbonyl (C=O) groups is 1. The van der Waals surface area contributed by atoms with Gasteiger partial charge in [0.15, 0.2) is 21.1 Å². The molecule has 2 aromatic carbocycles. The number of rotatable bonds is 9. The maximum atomic E-state index is 12.7. The molecule has 0 bridgehead atoms. The summed E-state index contributed by atoms with van der Waals surface area (Å²) in [6.07, 6.45) is 1.27. The molecule has 2 rings (SSSR count). The quantitative estimate of drug-likeness (QED) is 0.200. The standard InChI is InChI=1S/C21H23N5O4S/c1-15-13-17(8-11-19(15)23-3)25-20(27)21(2,28)14-31(29,30)18-9-6-16(7-10-18)5-4-12-24-26-22/h6-11,13,28H,4-5,12,14H2,1-2H3,(H,25,27)/t21-/m1/s1. The molecule has 1 atom stereocenters. The van der Waals surface area contributed by atoms with Crippen LogP contribution in [0.15, 0.2) is 52.5 Å². The van der Waals surface area contributed by atoms with Crippen LogP contribution in [0.5, 0.6) is 0 Å². The van der Waals surface area contributed by atoms with Crippen molar-refractivity contribution in [3.05, 3.63) is 75.5 Å². The Bertz CT molecular complexity index is 1150. The van der Waals surface area contributed by atoms with Gasteiger partial charge in [0.1, 0.15) is 0 Å². The average molecular weight is 442 g/mol. The van der Waals surface area contributed by atoms with E-state index in [4.69, 9.17) is 12.1 Å². The fourth-order valence-corrected chi connectivity index (χ4v) is 4.49. The normalized spacial score (nSPS) is 12.8. The van der Waals surface area contributed by atoms with Gasteiger partial charge < -0.3 is 10.4 Å². The van der Waals surface area contributed by atoms with Gasteiger partial charge in [-0.25, -0.2) is 13.3 Å². The summed E-state index contributed by atoms with van der Waals surface area (Å²) < 4.78 is 25.4. The van der Waals surface area contributed by atoms with Gasteiger partial charge in [-0.2, -0.15) is 0 Å². The van der Waals surface area contributed by atoms with Gasteiger partial charge in [-0.1, -0.05) is 23.3 Å². The monoisotopic (exact) mass is 441 g/mol. The summed E-state index contributed by atoms with van der Waals surface area (Å²) in [5, 5.41) is 16.5. The summed E-state index contributed by atoms with van der Waals surface area (Å²) in [6.45, 7) is 10.3. The molecule has 0 heterocycles. The van der Waals surface area contributed by atoms with E-state index in [2.05, 4.69) is 20.2 Å². The molecule has 31 heavy (non-hydrogen) atoms. The Kier molecular flexibility index (Phi) is 7.78. The van der Waals surface area contributed by atoms with E-state index in [0.717, 1.165) is 12.5 Å². The van der Waals surface area contributed by atoms with Crippen LogP contribution in [-0.4, -0.2) is 37.3 Å². The summed E-state index contributed by atoms with van der Waals surface area (Å²) in [5.41, 5.74) is 8.44. The van der Waals surface area contributed by atoms with Crippen LogP contribution >= 0.6 is 0 Å². The highest BCUT2D eigenvalue weighted by Crippen LogP contribution is 2.24. The highest BCUT2D eigenvalue weighted by atomic mass is 32.2. The van der Waals surface area contributed by atoms with Gasteiger partial charge in [-0.05, 0) is 67.6 Å². The number of amides is 1. The Morgan fingerprint density at radius 2 is 1.94 bits per heavy atom. The van der Waals surface area contributed by atoms with Crippen molar-refractivity contribution in [3.8, 4) is 0 Å². The molecule has 0 radical (unpaired) electrons. The van der Waals surface area contributed by atoms with Gasteiger partial charge >= 0.3 is 0 Å². The molecule has 0 saturated heterocycles. The molecule has 2 N–H and O–H groups in total. The third-order valence-corrected chi connectivity index (χ3v) is 6.54. The van der Waals surface area contributed by atoms with E-state index >= 15 is 0 Å². The maximum absolute atomic E-state index is 12.7. The summed E-state index contributed by atoms with van der Waals surface area (Å²) in [4.78, 5) is 18.5. The third-order valence-electron chi connectivity index (χ3n) is 4.60. The predicted octanol–water partition coefficient (Wildman–Crippen LogP) is 3.95. The van der Waals surface area contributed by atoms with Crippen molar-refractivity contribution in [2.45, 2.75) is 37.2 Å². The largest absolute Gasteiger partial charge is 0.379 e. The van der Waals surface area contributed by atoms with E-state index in [1.54, 1.807) is 25.1 Å². The number of nitrogens with one attached hydrogen (secondary N) is 1. The molecular formula is C21H23N5O4S. The van der Waals surface area contributed by atoms with Crippen LogP contribution in [0, 0.1) is 13.5 Å². The first-order chi connectivity index (χ1) is 14.6. The van der Waals surface area contributed by atoms with Crippen LogP contribution in [0.2, 0.25) is 0 Å². The number of hydrogen-bond acceptors (Lipinski definition) is 5. The first-order valence-electron chi connectivity index (χ1n) is 9.43. The smallest absolute Gasteiger partial charge is 0.257 e. The fraction of sp³-hybridized carbons (Fsp3) is 0.333. The van der Waals surface area contributed by atoms with Crippen molar-refractivity contribution in [2.75, 3.05) is 17.6 Å². The summed E-state index contributed by atoms with van der Waals surface area (Å²) in [7, 11) is -3.94. The van der Waals surface area contributed by atoms with E-state index in [-0.39, 0.29) is 4.90 Å². The molecule has 0 aliphatic heterocycles. The van der Waals surface area contributed by atoms with Crippen LogP contribution < -0.4 is 5.32 Å². The van der Waals surface area contributed by atoms with Crippen molar-refractivity contribution >= 4 is 27.1 Å². The first-order valence-corrected chi connectivity index (χ1v) is 11.1. The predicted molar refractivity (Wildman–Crippen MR) is 118 cm³/mol.